The molecule has 0 aromatic carbocycles. The van der Waals surface area contributed by atoms with Gasteiger partial charge in [0.2, 0.25) is 0 Å². The molecule has 4 heteroatoms. The van der Waals surface area contributed by atoms with Crippen LogP contribution < -0.4 is 0 Å². The van der Waals surface area contributed by atoms with Gasteiger partial charge in [0, 0.05) is 46.3 Å². The summed E-state index contributed by atoms with van der Waals surface area (Å²) in [5.74, 6) is 0. The van der Waals surface area contributed by atoms with Crippen LogP contribution in [0.15, 0.2) is 0 Å². The Hall–Kier alpha value is 0.310. The van der Waals surface area contributed by atoms with E-state index in [-0.39, 0.29) is 19.8 Å². The minimum Gasteiger partial charge on any atom is -0.396 e. The van der Waals surface area contributed by atoms with Gasteiger partial charge in [-0.2, -0.15) is 0 Å². The number of rotatable bonds is 10. The third-order valence-electron chi connectivity index (χ3n) is 3.04. The summed E-state index contributed by atoms with van der Waals surface area (Å²) in [7, 11) is -1.01. The standard InChI is InChI=1S/C11H26O3P/c1-2-15(9-3-6-12,10-4-7-13)11-5-8-14/h12-14H,2-11H2,1H3/q+1. The Balaban J connectivity index is 4.16. The lowest BCUT2D eigenvalue weighted by atomic mass is 10.5. The van der Waals surface area contributed by atoms with E-state index in [1.807, 2.05) is 0 Å². The molecule has 15 heavy (non-hydrogen) atoms. The van der Waals surface area contributed by atoms with Gasteiger partial charge in [0.15, 0.2) is 0 Å². The van der Waals surface area contributed by atoms with Crippen molar-refractivity contribution >= 4 is 7.26 Å². The molecule has 0 aliphatic rings. The molecule has 0 aliphatic heterocycles. The average Bonchev–Trinajstić information content (AvgIpc) is 2.29. The molecule has 0 atom stereocenters. The van der Waals surface area contributed by atoms with Gasteiger partial charge in [-0.3, -0.25) is 0 Å². The fourth-order valence-corrected chi connectivity index (χ4v) is 6.08. The molecule has 0 saturated carbocycles. The van der Waals surface area contributed by atoms with Gasteiger partial charge in [-0.05, 0) is 6.92 Å². The molecule has 92 valence electrons. The second kappa shape index (κ2) is 9.53. The minimum atomic E-state index is -1.01. The molecule has 0 aromatic rings. The zero-order chi connectivity index (χ0) is 11.6. The highest BCUT2D eigenvalue weighted by molar-refractivity contribution is 7.75. The molecule has 0 fully saturated rings. The largest absolute Gasteiger partial charge is 0.396 e. The lowest BCUT2D eigenvalue weighted by molar-refractivity contribution is 0.292. The lowest BCUT2D eigenvalue weighted by Crippen LogP contribution is -2.13. The van der Waals surface area contributed by atoms with Crippen LogP contribution in [0.5, 0.6) is 0 Å². The molecule has 3 nitrogen and oxygen atoms in total. The molecule has 0 spiro atoms. The van der Waals surface area contributed by atoms with Crippen molar-refractivity contribution in [3.63, 3.8) is 0 Å². The topological polar surface area (TPSA) is 60.7 Å². The van der Waals surface area contributed by atoms with Crippen molar-refractivity contribution in [1.29, 1.82) is 0 Å². The molecule has 0 amide bonds. The van der Waals surface area contributed by atoms with Crippen LogP contribution in [-0.2, 0) is 0 Å². The Morgan fingerprint density at radius 3 is 1.27 bits per heavy atom. The molecule has 3 N–H and O–H groups in total. The van der Waals surface area contributed by atoms with Crippen LogP contribution in [0.3, 0.4) is 0 Å². The predicted molar refractivity (Wildman–Crippen MR) is 67.2 cm³/mol. The van der Waals surface area contributed by atoms with E-state index in [2.05, 4.69) is 6.92 Å². The van der Waals surface area contributed by atoms with Gasteiger partial charge < -0.3 is 15.3 Å². The molecule has 0 radical (unpaired) electrons. The second-order valence-corrected chi connectivity index (χ2v) is 8.72. The summed E-state index contributed by atoms with van der Waals surface area (Å²) in [5, 5.41) is 26.7. The van der Waals surface area contributed by atoms with E-state index in [0.29, 0.717) is 0 Å². The van der Waals surface area contributed by atoms with Crippen molar-refractivity contribution in [2.24, 2.45) is 0 Å². The highest BCUT2D eigenvalue weighted by Gasteiger charge is 2.33. The smallest absolute Gasteiger partial charge is 0.0616 e. The van der Waals surface area contributed by atoms with E-state index in [1.165, 1.54) is 6.16 Å². The zero-order valence-corrected chi connectivity index (χ0v) is 10.8. The maximum Gasteiger partial charge on any atom is 0.0616 e. The summed E-state index contributed by atoms with van der Waals surface area (Å²) in [4.78, 5) is 0. The van der Waals surface area contributed by atoms with Crippen LogP contribution in [0.2, 0.25) is 0 Å². The SMILES string of the molecule is CC[P+](CCCO)(CCCO)CCCO. The van der Waals surface area contributed by atoms with Crippen molar-refractivity contribution in [3.8, 4) is 0 Å². The van der Waals surface area contributed by atoms with Crippen LogP contribution in [0, 0.1) is 0 Å². The highest BCUT2D eigenvalue weighted by atomic mass is 31.2. The van der Waals surface area contributed by atoms with Gasteiger partial charge in [0.05, 0.1) is 24.6 Å². The Bertz CT molecular complexity index is 120. The van der Waals surface area contributed by atoms with Crippen molar-refractivity contribution < 1.29 is 15.3 Å². The first-order valence-electron chi connectivity index (χ1n) is 5.92. The molecular weight excluding hydrogens is 211 g/mol. The Kier molecular flexibility index (Phi) is 9.73. The summed E-state index contributed by atoms with van der Waals surface area (Å²) >= 11 is 0. The van der Waals surface area contributed by atoms with E-state index >= 15 is 0 Å². The summed E-state index contributed by atoms with van der Waals surface area (Å²) in [6.07, 6.45) is 7.13. The van der Waals surface area contributed by atoms with Crippen molar-refractivity contribution in [3.05, 3.63) is 0 Å². The molecule has 0 bridgehead atoms. The van der Waals surface area contributed by atoms with Crippen LogP contribution in [0.4, 0.5) is 0 Å². The third kappa shape index (κ3) is 6.47. The molecule has 0 aromatic heterocycles. The molecule has 0 saturated heterocycles. The summed E-state index contributed by atoms with van der Waals surface area (Å²) in [6.45, 7) is 3.00. The quantitative estimate of drug-likeness (QED) is 0.500. The van der Waals surface area contributed by atoms with Crippen molar-refractivity contribution in [2.45, 2.75) is 26.2 Å². The number of hydrogen-bond acceptors (Lipinski definition) is 3. The summed E-state index contributed by atoms with van der Waals surface area (Å²) in [6, 6.07) is 0. The van der Waals surface area contributed by atoms with Crippen molar-refractivity contribution in [2.75, 3.05) is 44.5 Å². The second-order valence-electron chi connectivity index (χ2n) is 4.06. The monoisotopic (exact) mass is 237 g/mol. The highest BCUT2D eigenvalue weighted by Crippen LogP contribution is 2.59. The fraction of sp³-hybridized carbons (Fsp3) is 1.00. The van der Waals surface area contributed by atoms with E-state index in [1.54, 1.807) is 0 Å². The van der Waals surface area contributed by atoms with E-state index in [4.69, 9.17) is 15.3 Å². The Labute approximate surface area is 93.9 Å². The fourth-order valence-electron chi connectivity index (χ4n) is 2.03. The van der Waals surface area contributed by atoms with Gasteiger partial charge in [-0.1, -0.05) is 0 Å². The van der Waals surface area contributed by atoms with Crippen LogP contribution in [0.25, 0.3) is 0 Å². The van der Waals surface area contributed by atoms with Crippen molar-refractivity contribution in [1.82, 2.24) is 0 Å². The van der Waals surface area contributed by atoms with Crippen LogP contribution >= 0.6 is 7.26 Å². The Morgan fingerprint density at radius 2 is 1.07 bits per heavy atom. The molecule has 0 aliphatic carbocycles. The summed E-state index contributed by atoms with van der Waals surface area (Å²) < 4.78 is 0. The minimum absolute atomic E-state index is 0.264. The lowest BCUT2D eigenvalue weighted by Gasteiger charge is -2.26. The average molecular weight is 237 g/mol. The summed E-state index contributed by atoms with van der Waals surface area (Å²) in [5.41, 5.74) is 0. The molecule has 0 heterocycles. The third-order valence-corrected chi connectivity index (χ3v) is 8.18. The number of aliphatic hydroxyl groups excluding tert-OH is 3. The first-order valence-corrected chi connectivity index (χ1v) is 8.45. The maximum atomic E-state index is 8.89. The first kappa shape index (κ1) is 15.3. The molecule has 0 rings (SSSR count). The normalized spacial score (nSPS) is 12.0. The van der Waals surface area contributed by atoms with Gasteiger partial charge >= 0.3 is 0 Å². The Morgan fingerprint density at radius 1 is 0.733 bits per heavy atom. The predicted octanol–water partition coefficient (Wildman–Crippen LogP) is 1.17. The van der Waals surface area contributed by atoms with Crippen LogP contribution in [-0.4, -0.2) is 59.8 Å². The maximum absolute atomic E-state index is 8.89. The van der Waals surface area contributed by atoms with E-state index in [0.717, 1.165) is 37.7 Å². The first-order chi connectivity index (χ1) is 7.24. The molecule has 0 unspecified atom stereocenters. The number of aliphatic hydroxyl groups is 3. The van der Waals surface area contributed by atoms with Crippen LogP contribution in [0.1, 0.15) is 26.2 Å². The molecular formula is C11H26O3P+. The zero-order valence-electron chi connectivity index (χ0n) is 9.86. The van der Waals surface area contributed by atoms with Gasteiger partial charge in [-0.25, -0.2) is 0 Å². The number of hydrogen-bond donors (Lipinski definition) is 3. The van der Waals surface area contributed by atoms with E-state index < -0.39 is 7.26 Å². The van der Waals surface area contributed by atoms with Gasteiger partial charge in [-0.15, -0.1) is 0 Å². The van der Waals surface area contributed by atoms with Gasteiger partial charge in [0.25, 0.3) is 0 Å². The van der Waals surface area contributed by atoms with E-state index in [9.17, 15) is 0 Å². The van der Waals surface area contributed by atoms with Gasteiger partial charge in [0.1, 0.15) is 0 Å².